The molecular formula is C13H16ClN3O2S. The van der Waals surface area contributed by atoms with E-state index >= 15 is 0 Å². The van der Waals surface area contributed by atoms with Gasteiger partial charge in [-0.3, -0.25) is 0 Å². The number of thiophene rings is 1. The van der Waals surface area contributed by atoms with E-state index in [4.69, 9.17) is 16.3 Å². The predicted molar refractivity (Wildman–Crippen MR) is 80.5 cm³/mol. The van der Waals surface area contributed by atoms with Crippen molar-refractivity contribution < 1.29 is 9.84 Å². The maximum atomic E-state index is 10.1. The largest absolute Gasteiger partial charge is 0.385 e. The Morgan fingerprint density at radius 1 is 1.55 bits per heavy atom. The van der Waals surface area contributed by atoms with Gasteiger partial charge in [-0.25, -0.2) is 9.97 Å². The molecule has 0 bridgehead atoms. The molecule has 2 aromatic rings. The van der Waals surface area contributed by atoms with Crippen LogP contribution in [0.5, 0.6) is 0 Å². The zero-order chi connectivity index (χ0) is 14.3. The first kappa shape index (κ1) is 14.0. The summed E-state index contributed by atoms with van der Waals surface area (Å²) in [6.45, 7) is 5.43. The highest BCUT2D eigenvalue weighted by Gasteiger charge is 2.23. The molecule has 0 aromatic carbocycles. The number of hydrogen-bond acceptors (Lipinski definition) is 6. The molecule has 1 N–H and O–H groups in total. The molecule has 108 valence electrons. The molecule has 0 spiro atoms. The summed E-state index contributed by atoms with van der Waals surface area (Å²) in [6, 6.07) is 1.92. The normalized spacial score (nSPS) is 20.6. The minimum Gasteiger partial charge on any atom is -0.385 e. The van der Waals surface area contributed by atoms with Crippen molar-refractivity contribution in [2.24, 2.45) is 0 Å². The minimum absolute atomic E-state index is 0.322. The van der Waals surface area contributed by atoms with Crippen LogP contribution >= 0.6 is 22.9 Å². The number of rotatable bonds is 2. The number of ether oxygens (including phenoxy) is 1. The van der Waals surface area contributed by atoms with E-state index in [-0.39, 0.29) is 5.56 Å². The summed E-state index contributed by atoms with van der Waals surface area (Å²) < 4.78 is 6.28. The molecule has 1 aliphatic heterocycles. The molecule has 1 atom stereocenters. The van der Waals surface area contributed by atoms with Gasteiger partial charge in [0.1, 0.15) is 5.56 Å². The number of nitrogens with zero attached hydrogens (tertiary/aromatic N) is 3. The SMILES string of the molecule is CC(C)(O)c1cc2nc(N3CCOC(Cl)C3)ncc2s1. The number of aromatic nitrogens is 2. The topological polar surface area (TPSA) is 58.5 Å². The summed E-state index contributed by atoms with van der Waals surface area (Å²) in [5, 5.41) is 10.1. The number of morpholine rings is 1. The predicted octanol–water partition coefficient (Wildman–Crippen LogP) is 2.32. The van der Waals surface area contributed by atoms with Crippen molar-refractivity contribution in [2.75, 3.05) is 24.6 Å². The second-order valence-corrected chi connectivity index (χ2v) is 6.89. The fraction of sp³-hybridized carbons (Fsp3) is 0.538. The minimum atomic E-state index is -0.855. The van der Waals surface area contributed by atoms with Gasteiger partial charge in [0.05, 0.1) is 35.2 Å². The molecule has 20 heavy (non-hydrogen) atoms. The zero-order valence-electron chi connectivity index (χ0n) is 11.3. The molecule has 0 amide bonds. The summed E-state index contributed by atoms with van der Waals surface area (Å²) in [5.74, 6) is 0.659. The highest BCUT2D eigenvalue weighted by atomic mass is 35.5. The number of alkyl halides is 1. The maximum Gasteiger partial charge on any atom is 0.226 e. The molecule has 1 unspecified atom stereocenters. The second kappa shape index (κ2) is 5.11. The standard InChI is InChI=1S/C13H16ClN3O2S/c1-13(2,18)10-5-8-9(20-10)6-15-12(16-8)17-3-4-19-11(14)7-17/h5-6,11,18H,3-4,7H2,1-2H3. The fourth-order valence-corrected chi connectivity index (χ4v) is 3.30. The Balaban J connectivity index is 1.94. The fourth-order valence-electron chi connectivity index (χ4n) is 2.07. The van der Waals surface area contributed by atoms with Crippen LogP contribution in [0.25, 0.3) is 10.2 Å². The van der Waals surface area contributed by atoms with Gasteiger partial charge in [0, 0.05) is 11.4 Å². The average Bonchev–Trinajstić information content (AvgIpc) is 2.81. The lowest BCUT2D eigenvalue weighted by molar-refractivity contribution is 0.0826. The van der Waals surface area contributed by atoms with E-state index < -0.39 is 5.60 Å². The lowest BCUT2D eigenvalue weighted by Crippen LogP contribution is -2.41. The monoisotopic (exact) mass is 313 g/mol. The van der Waals surface area contributed by atoms with Gasteiger partial charge in [0.25, 0.3) is 0 Å². The molecule has 3 heterocycles. The van der Waals surface area contributed by atoms with Gasteiger partial charge in [-0.15, -0.1) is 11.3 Å². The van der Waals surface area contributed by atoms with Gasteiger partial charge >= 0.3 is 0 Å². The number of hydrogen-bond donors (Lipinski definition) is 1. The van der Waals surface area contributed by atoms with Crippen LogP contribution in [0.1, 0.15) is 18.7 Å². The average molecular weight is 314 g/mol. The van der Waals surface area contributed by atoms with Gasteiger partial charge in [-0.2, -0.15) is 0 Å². The Kier molecular flexibility index (Phi) is 3.58. The Hall–Kier alpha value is -0.950. The van der Waals surface area contributed by atoms with E-state index in [1.807, 2.05) is 11.0 Å². The maximum absolute atomic E-state index is 10.1. The van der Waals surface area contributed by atoms with Gasteiger partial charge in [0.15, 0.2) is 0 Å². The van der Waals surface area contributed by atoms with E-state index in [9.17, 15) is 5.11 Å². The van der Waals surface area contributed by atoms with Gasteiger partial charge in [-0.1, -0.05) is 11.6 Å². The first-order chi connectivity index (χ1) is 9.43. The van der Waals surface area contributed by atoms with E-state index in [2.05, 4.69) is 9.97 Å². The Bertz CT molecular complexity index is 626. The summed E-state index contributed by atoms with van der Waals surface area (Å²) in [6.07, 6.45) is 1.80. The first-order valence-corrected chi connectivity index (χ1v) is 7.69. The molecule has 0 radical (unpaired) electrons. The Morgan fingerprint density at radius 3 is 3.05 bits per heavy atom. The van der Waals surface area contributed by atoms with Crippen LogP contribution in [0.15, 0.2) is 12.3 Å². The summed E-state index contributed by atoms with van der Waals surface area (Å²) in [4.78, 5) is 11.9. The molecule has 0 saturated carbocycles. The molecule has 1 fully saturated rings. The van der Waals surface area contributed by atoms with Crippen molar-refractivity contribution in [3.8, 4) is 0 Å². The van der Waals surface area contributed by atoms with Crippen molar-refractivity contribution >= 4 is 39.1 Å². The molecule has 1 aliphatic rings. The van der Waals surface area contributed by atoms with Crippen molar-refractivity contribution in [2.45, 2.75) is 25.0 Å². The smallest absolute Gasteiger partial charge is 0.226 e. The highest BCUT2D eigenvalue weighted by Crippen LogP contribution is 2.32. The number of anilines is 1. The Morgan fingerprint density at radius 2 is 2.35 bits per heavy atom. The third-order valence-corrected chi connectivity index (χ3v) is 4.80. The van der Waals surface area contributed by atoms with Crippen molar-refractivity contribution in [1.29, 1.82) is 0 Å². The molecule has 7 heteroatoms. The summed E-state index contributed by atoms with van der Waals surface area (Å²) in [7, 11) is 0. The van der Waals surface area contributed by atoms with Crippen molar-refractivity contribution in [3.05, 3.63) is 17.1 Å². The zero-order valence-corrected chi connectivity index (χ0v) is 12.9. The van der Waals surface area contributed by atoms with Crippen LogP contribution < -0.4 is 4.90 Å². The van der Waals surface area contributed by atoms with Crippen LogP contribution in [-0.2, 0) is 10.3 Å². The van der Waals surface area contributed by atoms with Gasteiger partial charge < -0.3 is 14.7 Å². The highest BCUT2D eigenvalue weighted by molar-refractivity contribution is 7.19. The molecular weight excluding hydrogens is 298 g/mol. The van der Waals surface area contributed by atoms with Gasteiger partial charge in [0.2, 0.25) is 5.95 Å². The summed E-state index contributed by atoms with van der Waals surface area (Å²) in [5.41, 5.74) is -0.321. The van der Waals surface area contributed by atoms with E-state index in [0.29, 0.717) is 19.1 Å². The Labute approximate surface area is 126 Å². The molecule has 3 rings (SSSR count). The van der Waals surface area contributed by atoms with E-state index in [1.54, 1.807) is 20.0 Å². The third-order valence-electron chi connectivity index (χ3n) is 3.17. The van der Waals surface area contributed by atoms with Crippen molar-refractivity contribution in [1.82, 2.24) is 9.97 Å². The summed E-state index contributed by atoms with van der Waals surface area (Å²) >= 11 is 7.51. The van der Waals surface area contributed by atoms with Crippen LogP contribution in [-0.4, -0.2) is 40.3 Å². The number of aliphatic hydroxyl groups is 1. The lowest BCUT2D eigenvalue weighted by atomic mass is 10.1. The van der Waals surface area contributed by atoms with Crippen molar-refractivity contribution in [3.63, 3.8) is 0 Å². The third kappa shape index (κ3) is 2.74. The quantitative estimate of drug-likeness (QED) is 0.862. The van der Waals surface area contributed by atoms with Crippen LogP contribution in [0.2, 0.25) is 0 Å². The molecule has 2 aromatic heterocycles. The lowest BCUT2D eigenvalue weighted by Gasteiger charge is -2.29. The van der Waals surface area contributed by atoms with E-state index in [0.717, 1.165) is 21.6 Å². The number of fused-ring (bicyclic) bond motifs is 1. The van der Waals surface area contributed by atoms with E-state index in [1.165, 1.54) is 11.3 Å². The molecule has 5 nitrogen and oxygen atoms in total. The molecule has 0 aliphatic carbocycles. The van der Waals surface area contributed by atoms with Crippen LogP contribution in [0.3, 0.4) is 0 Å². The second-order valence-electron chi connectivity index (χ2n) is 5.32. The van der Waals surface area contributed by atoms with Crippen LogP contribution in [0.4, 0.5) is 5.95 Å². The van der Waals surface area contributed by atoms with Crippen LogP contribution in [0, 0.1) is 0 Å². The number of halogens is 1. The first-order valence-electron chi connectivity index (χ1n) is 6.43. The molecule has 1 saturated heterocycles. The van der Waals surface area contributed by atoms with Gasteiger partial charge in [-0.05, 0) is 19.9 Å².